The van der Waals surface area contributed by atoms with Crippen LogP contribution in [0.5, 0.6) is 0 Å². The van der Waals surface area contributed by atoms with Crippen molar-refractivity contribution in [1.82, 2.24) is 0 Å². The third kappa shape index (κ3) is 2.92. The van der Waals surface area contributed by atoms with Gasteiger partial charge in [0, 0.05) is 0 Å². The van der Waals surface area contributed by atoms with E-state index in [9.17, 15) is 0 Å². The predicted octanol–water partition coefficient (Wildman–Crippen LogP) is 0.157. The third-order valence-corrected chi connectivity index (χ3v) is 2.77. The molecule has 0 aliphatic carbocycles. The quantitative estimate of drug-likeness (QED) is 0.352. The van der Waals surface area contributed by atoms with Gasteiger partial charge in [-0.3, -0.25) is 0 Å². The van der Waals surface area contributed by atoms with E-state index < -0.39 is 0 Å². The third-order valence-electron chi connectivity index (χ3n) is 2.26. The van der Waals surface area contributed by atoms with Crippen molar-refractivity contribution in [2.75, 3.05) is 0 Å². The van der Waals surface area contributed by atoms with E-state index in [2.05, 4.69) is 49.1 Å². The Bertz CT molecular complexity index is 261. The molecule has 1 aromatic carbocycles. The molecule has 0 fully saturated rings. The van der Waals surface area contributed by atoms with Crippen LogP contribution in [0.4, 0.5) is 0 Å². The first-order valence-electron chi connectivity index (χ1n) is 4.59. The summed E-state index contributed by atoms with van der Waals surface area (Å²) in [5.74, 6) is 1.29. The summed E-state index contributed by atoms with van der Waals surface area (Å²) in [6, 6.07) is 4.46. The van der Waals surface area contributed by atoms with E-state index in [-0.39, 0.29) is 18.9 Å². The molecule has 0 bridgehead atoms. The molecule has 0 radical (unpaired) electrons. The van der Waals surface area contributed by atoms with Crippen LogP contribution in [-0.2, 0) is 0 Å². The molecule has 68 valence electrons. The van der Waals surface area contributed by atoms with E-state index in [4.69, 9.17) is 0 Å². The molecule has 0 saturated carbocycles. The molecule has 1 unspecified atom stereocenters. The molecular formula is C11H18LiP. The van der Waals surface area contributed by atoms with Crippen molar-refractivity contribution in [1.29, 1.82) is 0 Å². The number of hydrogen-bond donors (Lipinski definition) is 0. The van der Waals surface area contributed by atoms with E-state index in [1.54, 1.807) is 0 Å². The normalized spacial score (nSPS) is 10.7. The van der Waals surface area contributed by atoms with E-state index >= 15 is 0 Å². The zero-order valence-corrected chi connectivity index (χ0v) is 10.5. The van der Waals surface area contributed by atoms with Gasteiger partial charge >= 0.3 is 18.9 Å². The summed E-state index contributed by atoms with van der Waals surface area (Å²) < 4.78 is 0. The summed E-state index contributed by atoms with van der Waals surface area (Å²) >= 11 is 0. The van der Waals surface area contributed by atoms with Gasteiger partial charge in [-0.1, -0.05) is 33.6 Å². The largest absolute Gasteiger partial charge is 1.00 e. The van der Waals surface area contributed by atoms with Gasteiger partial charge in [-0.25, -0.2) is 6.07 Å². The SMILES string of the molecule is CC(C)c1cc[c-](P)c1C(C)C.[Li+]. The maximum atomic E-state index is 2.82. The van der Waals surface area contributed by atoms with Gasteiger partial charge in [0.2, 0.25) is 0 Å². The van der Waals surface area contributed by atoms with Crippen molar-refractivity contribution in [3.05, 3.63) is 23.3 Å². The predicted molar refractivity (Wildman–Crippen MR) is 59.6 cm³/mol. The molecule has 1 rings (SSSR count). The molecule has 0 N–H and O–H groups in total. The van der Waals surface area contributed by atoms with Gasteiger partial charge in [-0.15, -0.1) is 5.30 Å². The van der Waals surface area contributed by atoms with Gasteiger partial charge in [0.1, 0.15) is 0 Å². The molecule has 0 nitrogen and oxygen atoms in total. The van der Waals surface area contributed by atoms with Crippen molar-refractivity contribution in [3.8, 4) is 0 Å². The number of hydrogen-bond acceptors (Lipinski definition) is 0. The molecule has 0 aromatic heterocycles. The first-order valence-corrected chi connectivity index (χ1v) is 5.16. The average Bonchev–Trinajstić information content (AvgIpc) is 2.30. The van der Waals surface area contributed by atoms with Crippen LogP contribution in [0.3, 0.4) is 0 Å². The summed E-state index contributed by atoms with van der Waals surface area (Å²) in [5.41, 5.74) is 3.03. The minimum absolute atomic E-state index is 0. The zero-order chi connectivity index (χ0) is 9.30. The fraction of sp³-hybridized carbons (Fsp3) is 0.545. The van der Waals surface area contributed by atoms with Gasteiger partial charge in [0.25, 0.3) is 0 Å². The van der Waals surface area contributed by atoms with Crippen molar-refractivity contribution in [2.45, 2.75) is 39.5 Å². The van der Waals surface area contributed by atoms with Crippen LogP contribution < -0.4 is 24.2 Å². The van der Waals surface area contributed by atoms with Crippen LogP contribution in [0.2, 0.25) is 0 Å². The van der Waals surface area contributed by atoms with Crippen LogP contribution >= 0.6 is 9.24 Å². The molecule has 0 aliphatic rings. The van der Waals surface area contributed by atoms with Crippen LogP contribution in [0.25, 0.3) is 0 Å². The first-order chi connectivity index (χ1) is 5.54. The summed E-state index contributed by atoms with van der Waals surface area (Å²) in [6.45, 7) is 9.03. The van der Waals surface area contributed by atoms with E-state index in [1.165, 1.54) is 16.4 Å². The molecule has 0 amide bonds. The monoisotopic (exact) mass is 188 g/mol. The molecule has 2 heteroatoms. The Morgan fingerprint density at radius 1 is 1.15 bits per heavy atom. The standard InChI is InChI=1S/C11H18P.Li/c1-7(2)9-5-6-10(12)11(9)8(3)4;/h5-8H,12H2,1-4H3;/q-1;+1. The second kappa shape index (κ2) is 5.31. The Morgan fingerprint density at radius 2 is 1.69 bits per heavy atom. The fourth-order valence-corrected chi connectivity index (χ4v) is 2.29. The van der Waals surface area contributed by atoms with E-state index in [0.29, 0.717) is 11.8 Å². The molecule has 1 atom stereocenters. The summed E-state index contributed by atoms with van der Waals surface area (Å²) in [7, 11) is 2.82. The smallest absolute Gasteiger partial charge is 0.209 e. The Kier molecular flexibility index (Phi) is 5.46. The second-order valence-corrected chi connectivity index (χ2v) is 4.59. The van der Waals surface area contributed by atoms with Crippen LogP contribution in [0.15, 0.2) is 12.1 Å². The molecule has 13 heavy (non-hydrogen) atoms. The van der Waals surface area contributed by atoms with Gasteiger partial charge < -0.3 is 0 Å². The minimum atomic E-state index is 0. The summed E-state index contributed by atoms with van der Waals surface area (Å²) in [5, 5.41) is 1.37. The van der Waals surface area contributed by atoms with Crippen molar-refractivity contribution in [2.24, 2.45) is 0 Å². The van der Waals surface area contributed by atoms with Gasteiger partial charge in [-0.2, -0.15) is 26.4 Å². The molecule has 0 aliphatic heterocycles. The maximum Gasteiger partial charge on any atom is 1.00 e. The summed E-state index contributed by atoms with van der Waals surface area (Å²) in [6.07, 6.45) is 0. The summed E-state index contributed by atoms with van der Waals surface area (Å²) in [4.78, 5) is 0. The number of rotatable bonds is 2. The molecule has 1 aromatic rings. The molecule has 0 spiro atoms. The van der Waals surface area contributed by atoms with Gasteiger partial charge in [0.15, 0.2) is 0 Å². The molecular weight excluding hydrogens is 170 g/mol. The van der Waals surface area contributed by atoms with Crippen molar-refractivity contribution < 1.29 is 18.9 Å². The van der Waals surface area contributed by atoms with E-state index in [0.717, 1.165) is 0 Å². The maximum absolute atomic E-state index is 2.82. The second-order valence-electron chi connectivity index (χ2n) is 3.97. The van der Waals surface area contributed by atoms with Crippen molar-refractivity contribution >= 4 is 14.5 Å². The van der Waals surface area contributed by atoms with Crippen LogP contribution in [0.1, 0.15) is 50.7 Å². The Hall–Kier alpha value is 0.377. The Balaban J connectivity index is 0.00000144. The zero-order valence-electron chi connectivity index (χ0n) is 9.39. The first kappa shape index (κ1) is 13.4. The Labute approximate surface area is 96.2 Å². The van der Waals surface area contributed by atoms with Crippen LogP contribution in [0, 0.1) is 0 Å². The van der Waals surface area contributed by atoms with Gasteiger partial charge in [-0.05, 0) is 5.92 Å². The fourth-order valence-electron chi connectivity index (χ4n) is 1.70. The molecule has 0 saturated heterocycles. The molecule has 0 heterocycles. The van der Waals surface area contributed by atoms with Crippen molar-refractivity contribution in [3.63, 3.8) is 0 Å². The van der Waals surface area contributed by atoms with E-state index in [1.807, 2.05) is 0 Å². The van der Waals surface area contributed by atoms with Crippen LogP contribution in [-0.4, -0.2) is 0 Å². The average molecular weight is 188 g/mol. The topological polar surface area (TPSA) is 0 Å². The Morgan fingerprint density at radius 3 is 2.00 bits per heavy atom. The van der Waals surface area contributed by atoms with Gasteiger partial charge in [0.05, 0.1) is 0 Å². The minimum Gasteiger partial charge on any atom is -0.209 e.